The molecule has 0 radical (unpaired) electrons. The van der Waals surface area contributed by atoms with Crippen molar-refractivity contribution in [2.75, 3.05) is 12.4 Å². The summed E-state index contributed by atoms with van der Waals surface area (Å²) in [4.78, 5) is 28.8. The average molecular weight is 500 g/mol. The summed E-state index contributed by atoms with van der Waals surface area (Å²) in [5.74, 6) is -1.92. The number of nitrogens with zero attached hydrogens (tertiary/aromatic N) is 3. The van der Waals surface area contributed by atoms with Gasteiger partial charge in [0.1, 0.15) is 11.5 Å². The van der Waals surface area contributed by atoms with Crippen LogP contribution in [0.2, 0.25) is 0 Å². The van der Waals surface area contributed by atoms with Gasteiger partial charge >= 0.3 is 12.1 Å². The van der Waals surface area contributed by atoms with Crippen LogP contribution in [-0.4, -0.2) is 33.8 Å². The van der Waals surface area contributed by atoms with E-state index in [0.29, 0.717) is 29.7 Å². The van der Waals surface area contributed by atoms with E-state index >= 15 is 0 Å². The molecule has 36 heavy (non-hydrogen) atoms. The van der Waals surface area contributed by atoms with Crippen molar-refractivity contribution in [2.45, 2.75) is 26.6 Å². The molecule has 2 aromatic carbocycles. The number of pyridine rings is 1. The number of anilines is 1. The van der Waals surface area contributed by atoms with E-state index < -0.39 is 23.7 Å². The van der Waals surface area contributed by atoms with Crippen LogP contribution < -0.4 is 5.32 Å². The van der Waals surface area contributed by atoms with Gasteiger partial charge < -0.3 is 10.1 Å². The van der Waals surface area contributed by atoms with Crippen molar-refractivity contribution in [1.29, 1.82) is 0 Å². The number of halogens is 4. The maximum atomic E-state index is 13.5. The number of aryl methyl sites for hydroxylation is 1. The summed E-state index contributed by atoms with van der Waals surface area (Å²) in [7, 11) is 1.17. The minimum atomic E-state index is -4.80. The van der Waals surface area contributed by atoms with Crippen molar-refractivity contribution in [3.05, 3.63) is 88.1 Å². The quantitative estimate of drug-likeness (QED) is 0.297. The van der Waals surface area contributed by atoms with Gasteiger partial charge in [0.05, 0.1) is 47.4 Å². The molecule has 2 aromatic heterocycles. The summed E-state index contributed by atoms with van der Waals surface area (Å²) in [5.41, 5.74) is 0.468. The van der Waals surface area contributed by atoms with Gasteiger partial charge in [-0.1, -0.05) is 12.1 Å². The zero-order chi connectivity index (χ0) is 26.2. The van der Waals surface area contributed by atoms with E-state index in [0.717, 1.165) is 5.56 Å². The number of ether oxygens (including phenoxy) is 1. The first kappa shape index (κ1) is 24.8. The molecule has 0 saturated heterocycles. The number of alkyl halides is 3. The number of hydrogen-bond acceptors (Lipinski definition) is 5. The van der Waals surface area contributed by atoms with Crippen LogP contribution in [0.3, 0.4) is 0 Å². The van der Waals surface area contributed by atoms with Gasteiger partial charge in [0.2, 0.25) is 0 Å². The maximum absolute atomic E-state index is 13.5. The number of nitrogens with one attached hydrogen (secondary N) is 1. The molecule has 4 rings (SSSR count). The Bertz CT molecular complexity index is 1480. The fourth-order valence-corrected chi connectivity index (χ4v) is 3.78. The molecule has 1 N–H and O–H groups in total. The lowest BCUT2D eigenvalue weighted by Gasteiger charge is -2.13. The second kappa shape index (κ2) is 9.40. The van der Waals surface area contributed by atoms with E-state index in [1.807, 2.05) is 0 Å². The molecule has 0 saturated carbocycles. The monoisotopic (exact) mass is 500 g/mol. The number of carbonyl (C=O) groups is 2. The maximum Gasteiger partial charge on any atom is 0.433 e. The van der Waals surface area contributed by atoms with Crippen molar-refractivity contribution < 1.29 is 31.9 Å². The minimum Gasteiger partial charge on any atom is -0.465 e. The fraction of sp³-hybridized carbons (Fsp3) is 0.200. The van der Waals surface area contributed by atoms with Crippen molar-refractivity contribution in [3.8, 4) is 0 Å². The predicted octanol–water partition coefficient (Wildman–Crippen LogP) is 5.29. The third kappa shape index (κ3) is 4.90. The minimum absolute atomic E-state index is 0.0532. The number of fused-ring (bicyclic) bond motifs is 1. The van der Waals surface area contributed by atoms with Crippen LogP contribution >= 0.6 is 0 Å². The van der Waals surface area contributed by atoms with Crippen molar-refractivity contribution >= 4 is 28.5 Å². The van der Waals surface area contributed by atoms with Gasteiger partial charge in [-0.2, -0.15) is 18.3 Å². The lowest BCUT2D eigenvalue weighted by Crippen LogP contribution is -2.17. The molecule has 1 amide bonds. The smallest absolute Gasteiger partial charge is 0.433 e. The largest absolute Gasteiger partial charge is 0.465 e. The summed E-state index contributed by atoms with van der Waals surface area (Å²) < 4.78 is 60.0. The van der Waals surface area contributed by atoms with Gasteiger partial charge in [-0.3, -0.25) is 9.48 Å². The number of hydrogen-bond donors (Lipinski definition) is 1. The molecule has 0 spiro atoms. The van der Waals surface area contributed by atoms with Crippen molar-refractivity contribution in [1.82, 2.24) is 14.8 Å². The summed E-state index contributed by atoms with van der Waals surface area (Å²) in [6.45, 7) is 3.63. The van der Waals surface area contributed by atoms with Crippen LogP contribution in [0.4, 0.5) is 23.2 Å². The van der Waals surface area contributed by atoms with Crippen LogP contribution in [0.5, 0.6) is 0 Å². The molecular weight excluding hydrogens is 480 g/mol. The average Bonchev–Trinajstić information content (AvgIpc) is 3.10. The Labute approximate surface area is 202 Å². The van der Waals surface area contributed by atoms with E-state index in [-0.39, 0.29) is 27.8 Å². The summed E-state index contributed by atoms with van der Waals surface area (Å²) in [6, 6.07) is 10.3. The van der Waals surface area contributed by atoms with Gasteiger partial charge in [0.25, 0.3) is 5.91 Å². The number of esters is 1. The van der Waals surface area contributed by atoms with Gasteiger partial charge in [0.15, 0.2) is 0 Å². The highest BCUT2D eigenvalue weighted by atomic mass is 19.4. The normalized spacial score (nSPS) is 11.5. The van der Waals surface area contributed by atoms with Gasteiger partial charge in [-0.25, -0.2) is 14.2 Å². The fourth-order valence-electron chi connectivity index (χ4n) is 3.78. The summed E-state index contributed by atoms with van der Waals surface area (Å²) in [5, 5.41) is 7.10. The Morgan fingerprint density at radius 3 is 2.39 bits per heavy atom. The SMILES string of the molecule is COC(=O)c1ccc2nc(C(F)(F)F)cc(C(=O)Nc3c(C)nn(Cc4ccc(F)cc4)c3C)c2c1. The van der Waals surface area contributed by atoms with Crippen LogP contribution in [0, 0.1) is 19.7 Å². The first-order chi connectivity index (χ1) is 17.0. The Morgan fingerprint density at radius 2 is 1.75 bits per heavy atom. The lowest BCUT2D eigenvalue weighted by atomic mass is 10.0. The molecule has 0 unspecified atom stereocenters. The number of rotatable bonds is 5. The van der Waals surface area contributed by atoms with Crippen LogP contribution in [0.25, 0.3) is 10.9 Å². The first-order valence-corrected chi connectivity index (χ1v) is 10.7. The topological polar surface area (TPSA) is 86.1 Å². The molecule has 0 aliphatic heterocycles. The second-order valence-corrected chi connectivity index (χ2v) is 8.06. The molecule has 186 valence electrons. The molecule has 0 aliphatic carbocycles. The van der Waals surface area contributed by atoms with Gasteiger partial charge in [-0.05, 0) is 55.8 Å². The van der Waals surface area contributed by atoms with Crippen molar-refractivity contribution in [2.24, 2.45) is 0 Å². The van der Waals surface area contributed by atoms with Crippen molar-refractivity contribution in [3.63, 3.8) is 0 Å². The number of methoxy groups -OCH3 is 1. The molecule has 0 fully saturated rings. The molecular formula is C25H20F4N4O3. The number of benzene rings is 2. The van der Waals surface area contributed by atoms with Crippen LogP contribution in [0.1, 0.15) is 43.4 Å². The first-order valence-electron chi connectivity index (χ1n) is 10.7. The Kier molecular flexibility index (Phi) is 6.49. The number of carbonyl (C=O) groups excluding carboxylic acids is 2. The molecule has 2 heterocycles. The number of aromatic nitrogens is 3. The van der Waals surface area contributed by atoms with Gasteiger partial charge in [0, 0.05) is 5.39 Å². The molecule has 4 aromatic rings. The molecule has 11 heteroatoms. The lowest BCUT2D eigenvalue weighted by molar-refractivity contribution is -0.141. The van der Waals surface area contributed by atoms with Crippen LogP contribution in [-0.2, 0) is 17.5 Å². The van der Waals surface area contributed by atoms with E-state index in [4.69, 9.17) is 0 Å². The van der Waals surface area contributed by atoms with Gasteiger partial charge in [-0.15, -0.1) is 0 Å². The molecule has 7 nitrogen and oxygen atoms in total. The summed E-state index contributed by atoms with van der Waals surface area (Å²) >= 11 is 0. The zero-order valence-electron chi connectivity index (χ0n) is 19.4. The van der Waals surface area contributed by atoms with E-state index in [1.54, 1.807) is 30.7 Å². The van der Waals surface area contributed by atoms with E-state index in [2.05, 4.69) is 20.1 Å². The molecule has 0 atom stereocenters. The Balaban J connectivity index is 1.74. The third-order valence-electron chi connectivity index (χ3n) is 5.63. The van der Waals surface area contributed by atoms with E-state index in [1.165, 1.54) is 37.4 Å². The Hall–Kier alpha value is -4.28. The summed E-state index contributed by atoms with van der Waals surface area (Å²) in [6.07, 6.45) is -4.80. The number of amides is 1. The highest BCUT2D eigenvalue weighted by Crippen LogP contribution is 2.32. The molecule has 0 bridgehead atoms. The highest BCUT2D eigenvalue weighted by molar-refractivity contribution is 6.13. The predicted molar refractivity (Wildman–Crippen MR) is 123 cm³/mol. The molecule has 0 aliphatic rings. The van der Waals surface area contributed by atoms with E-state index in [9.17, 15) is 27.2 Å². The second-order valence-electron chi connectivity index (χ2n) is 8.06. The standard InChI is InChI=1S/C25H20F4N4O3/c1-13-22(14(2)33(32-13)12-15-4-7-17(26)8-5-15)31-23(34)19-11-21(25(27,28)29)30-20-9-6-16(10-18(19)20)24(35)36-3/h4-11H,12H2,1-3H3,(H,31,34). The third-order valence-corrected chi connectivity index (χ3v) is 5.63. The Morgan fingerprint density at radius 1 is 1.06 bits per heavy atom. The highest BCUT2D eigenvalue weighted by Gasteiger charge is 2.34. The zero-order valence-corrected chi connectivity index (χ0v) is 19.4. The van der Waals surface area contributed by atoms with Crippen LogP contribution in [0.15, 0.2) is 48.5 Å².